The molecule has 120 valence electrons. The van der Waals surface area contributed by atoms with Crippen molar-refractivity contribution in [3.05, 3.63) is 70.5 Å². The first-order valence-corrected chi connectivity index (χ1v) is 8.13. The summed E-state index contributed by atoms with van der Waals surface area (Å²) in [7, 11) is 0. The lowest BCUT2D eigenvalue weighted by molar-refractivity contribution is 0.306. The molecule has 0 N–H and O–H groups in total. The third-order valence-electron chi connectivity index (χ3n) is 3.85. The molecule has 0 amide bonds. The molecular weight excluding hydrogens is 324 g/mol. The van der Waals surface area contributed by atoms with Gasteiger partial charge < -0.3 is 4.74 Å². The van der Waals surface area contributed by atoms with Crippen LogP contribution in [0, 0.1) is 0 Å². The maximum Gasteiger partial charge on any atom is 0.321 e. The quantitative estimate of drug-likeness (QED) is 0.732. The lowest BCUT2D eigenvalue weighted by Gasteiger charge is -2.13. The molecule has 3 aromatic rings. The summed E-state index contributed by atoms with van der Waals surface area (Å²) in [6.07, 6.45) is 0. The standard InChI is InChI=1S/C18H15ClN4O/c1-2-24-18-22-21-16-11-20-17(12-6-4-3-5-7-12)14-10-13(19)8-9-15(14)23(16)18/h3-10H,2,11H2,1H3. The van der Waals surface area contributed by atoms with Crippen LogP contribution in [0.25, 0.3) is 5.69 Å². The highest BCUT2D eigenvalue weighted by Crippen LogP contribution is 2.30. The fourth-order valence-electron chi connectivity index (χ4n) is 2.84. The summed E-state index contributed by atoms with van der Waals surface area (Å²) in [6, 6.07) is 16.3. The van der Waals surface area contributed by atoms with Gasteiger partial charge in [-0.3, -0.25) is 4.99 Å². The molecule has 6 heteroatoms. The fourth-order valence-corrected chi connectivity index (χ4v) is 3.01. The number of rotatable bonds is 3. The molecule has 24 heavy (non-hydrogen) atoms. The lowest BCUT2D eigenvalue weighted by Crippen LogP contribution is -2.09. The highest BCUT2D eigenvalue weighted by molar-refractivity contribution is 6.31. The van der Waals surface area contributed by atoms with Gasteiger partial charge in [-0.05, 0) is 25.1 Å². The molecule has 1 aliphatic heterocycles. The second kappa shape index (κ2) is 6.09. The van der Waals surface area contributed by atoms with Crippen molar-refractivity contribution in [2.45, 2.75) is 13.5 Å². The zero-order valence-corrected chi connectivity index (χ0v) is 13.9. The van der Waals surface area contributed by atoms with Crippen molar-refractivity contribution in [2.24, 2.45) is 4.99 Å². The molecule has 2 aromatic carbocycles. The molecule has 4 rings (SSSR count). The fraction of sp³-hybridized carbons (Fsp3) is 0.167. The van der Waals surface area contributed by atoms with E-state index in [0.717, 1.165) is 28.4 Å². The van der Waals surface area contributed by atoms with Crippen LogP contribution in [0.4, 0.5) is 0 Å². The van der Waals surface area contributed by atoms with Crippen molar-refractivity contribution >= 4 is 17.3 Å². The van der Waals surface area contributed by atoms with Gasteiger partial charge in [0.15, 0.2) is 5.82 Å². The minimum Gasteiger partial charge on any atom is -0.464 e. The largest absolute Gasteiger partial charge is 0.464 e. The maximum atomic E-state index is 6.26. The van der Waals surface area contributed by atoms with Crippen LogP contribution in [0.3, 0.4) is 0 Å². The van der Waals surface area contributed by atoms with Crippen LogP contribution in [0.15, 0.2) is 53.5 Å². The van der Waals surface area contributed by atoms with Gasteiger partial charge in [0.05, 0.1) is 18.0 Å². The molecule has 0 saturated carbocycles. The highest BCUT2D eigenvalue weighted by atomic mass is 35.5. The second-order valence-electron chi connectivity index (χ2n) is 5.36. The van der Waals surface area contributed by atoms with E-state index in [0.29, 0.717) is 24.2 Å². The number of nitrogens with zero attached hydrogens (tertiary/aromatic N) is 4. The topological polar surface area (TPSA) is 52.3 Å². The first kappa shape index (κ1) is 14.9. The molecule has 0 unspecified atom stereocenters. The van der Waals surface area contributed by atoms with Crippen LogP contribution >= 0.6 is 11.6 Å². The Hall–Kier alpha value is -2.66. The van der Waals surface area contributed by atoms with E-state index < -0.39 is 0 Å². The van der Waals surface area contributed by atoms with Gasteiger partial charge in [0.1, 0.15) is 6.54 Å². The van der Waals surface area contributed by atoms with Crippen molar-refractivity contribution in [3.8, 4) is 11.7 Å². The Bertz CT molecular complexity index is 918. The number of aliphatic imine (C=N–C) groups is 1. The number of hydrogen-bond acceptors (Lipinski definition) is 4. The van der Waals surface area contributed by atoms with Crippen molar-refractivity contribution in [3.63, 3.8) is 0 Å². The minimum atomic E-state index is 0.427. The number of fused-ring (bicyclic) bond motifs is 3. The summed E-state index contributed by atoms with van der Waals surface area (Å²) in [5.41, 5.74) is 3.79. The molecule has 1 aromatic heterocycles. The Balaban J connectivity index is 1.96. The number of hydrogen-bond donors (Lipinski definition) is 0. The molecule has 0 saturated heterocycles. The monoisotopic (exact) mass is 338 g/mol. The van der Waals surface area contributed by atoms with E-state index in [2.05, 4.69) is 10.2 Å². The Morgan fingerprint density at radius 1 is 1.12 bits per heavy atom. The van der Waals surface area contributed by atoms with Crippen LogP contribution in [0.2, 0.25) is 5.02 Å². The van der Waals surface area contributed by atoms with Crippen LogP contribution in [-0.4, -0.2) is 27.1 Å². The normalized spacial score (nSPS) is 12.8. The minimum absolute atomic E-state index is 0.427. The van der Waals surface area contributed by atoms with Crippen LogP contribution in [-0.2, 0) is 6.54 Å². The van der Waals surface area contributed by atoms with Crippen molar-refractivity contribution in [1.82, 2.24) is 14.8 Å². The number of benzene rings is 2. The maximum absolute atomic E-state index is 6.26. The van der Waals surface area contributed by atoms with Gasteiger partial charge in [0.25, 0.3) is 0 Å². The van der Waals surface area contributed by atoms with Gasteiger partial charge in [-0.2, -0.15) is 0 Å². The molecule has 1 aliphatic rings. The molecule has 5 nitrogen and oxygen atoms in total. The zero-order valence-electron chi connectivity index (χ0n) is 13.1. The van der Waals surface area contributed by atoms with E-state index in [4.69, 9.17) is 21.3 Å². The summed E-state index contributed by atoms with van der Waals surface area (Å²) >= 11 is 6.26. The van der Waals surface area contributed by atoms with E-state index in [1.165, 1.54) is 0 Å². The average molecular weight is 339 g/mol. The van der Waals surface area contributed by atoms with Crippen LogP contribution in [0.1, 0.15) is 23.9 Å². The number of aromatic nitrogens is 3. The van der Waals surface area contributed by atoms with E-state index in [1.54, 1.807) is 0 Å². The number of ether oxygens (including phenoxy) is 1. The van der Waals surface area contributed by atoms with Crippen molar-refractivity contribution in [2.75, 3.05) is 6.61 Å². The summed E-state index contributed by atoms with van der Waals surface area (Å²) in [6.45, 7) is 2.87. The predicted octanol–water partition coefficient (Wildman–Crippen LogP) is 3.67. The van der Waals surface area contributed by atoms with Crippen molar-refractivity contribution < 1.29 is 4.74 Å². The molecule has 0 atom stereocenters. The van der Waals surface area contributed by atoms with Gasteiger partial charge in [0, 0.05) is 16.1 Å². The van der Waals surface area contributed by atoms with E-state index in [-0.39, 0.29) is 0 Å². The van der Waals surface area contributed by atoms with Crippen LogP contribution in [0.5, 0.6) is 6.01 Å². The second-order valence-corrected chi connectivity index (χ2v) is 5.80. The smallest absolute Gasteiger partial charge is 0.321 e. The Morgan fingerprint density at radius 2 is 1.96 bits per heavy atom. The average Bonchev–Trinajstić information content (AvgIpc) is 2.92. The highest BCUT2D eigenvalue weighted by Gasteiger charge is 2.23. The van der Waals surface area contributed by atoms with Gasteiger partial charge in [-0.25, -0.2) is 4.57 Å². The third kappa shape index (κ3) is 2.47. The third-order valence-corrected chi connectivity index (χ3v) is 4.09. The van der Waals surface area contributed by atoms with Crippen molar-refractivity contribution in [1.29, 1.82) is 0 Å². The summed E-state index contributed by atoms with van der Waals surface area (Å²) in [5.74, 6) is 0.743. The summed E-state index contributed by atoms with van der Waals surface area (Å²) in [5, 5.41) is 9.03. The Morgan fingerprint density at radius 3 is 2.75 bits per heavy atom. The first-order chi connectivity index (χ1) is 11.8. The van der Waals surface area contributed by atoms with Gasteiger partial charge in [-0.1, -0.05) is 47.0 Å². The number of halogens is 1. The summed E-state index contributed by atoms with van der Waals surface area (Å²) < 4.78 is 7.54. The first-order valence-electron chi connectivity index (χ1n) is 7.75. The zero-order chi connectivity index (χ0) is 16.5. The van der Waals surface area contributed by atoms with E-state index in [1.807, 2.05) is 60.0 Å². The molecule has 0 aliphatic carbocycles. The van der Waals surface area contributed by atoms with E-state index in [9.17, 15) is 0 Å². The molecule has 0 bridgehead atoms. The molecule has 0 radical (unpaired) electrons. The SMILES string of the molecule is CCOc1nnc2n1-c1ccc(Cl)cc1C(c1ccccc1)=NC2. The molecule has 0 spiro atoms. The van der Waals surface area contributed by atoms with E-state index >= 15 is 0 Å². The Labute approximate surface area is 144 Å². The lowest BCUT2D eigenvalue weighted by atomic mass is 10.0. The predicted molar refractivity (Wildman–Crippen MR) is 93.3 cm³/mol. The molecular formula is C18H15ClN4O. The van der Waals surface area contributed by atoms with Gasteiger partial charge in [0.2, 0.25) is 0 Å². The molecule has 2 heterocycles. The summed E-state index contributed by atoms with van der Waals surface area (Å²) in [4.78, 5) is 4.77. The van der Waals surface area contributed by atoms with Crippen LogP contribution < -0.4 is 4.74 Å². The molecule has 0 fully saturated rings. The van der Waals surface area contributed by atoms with Gasteiger partial charge >= 0.3 is 6.01 Å². The van der Waals surface area contributed by atoms with Gasteiger partial charge in [-0.15, -0.1) is 5.10 Å². The Kier molecular flexibility index (Phi) is 3.78.